The van der Waals surface area contributed by atoms with E-state index in [-0.39, 0.29) is 47.9 Å². The fourth-order valence-electron chi connectivity index (χ4n) is 3.50. The molecule has 0 saturated carbocycles. The highest BCUT2D eigenvalue weighted by atomic mass is 32.1. The molecule has 2 aromatic heterocycles. The zero-order valence-corrected chi connectivity index (χ0v) is 17.2. The summed E-state index contributed by atoms with van der Waals surface area (Å²) < 4.78 is 51.2. The third-order valence-electron chi connectivity index (χ3n) is 4.92. The minimum absolute atomic E-state index is 0.163. The van der Waals surface area contributed by atoms with Gasteiger partial charge in [-0.3, -0.25) is 19.1 Å². The van der Waals surface area contributed by atoms with Crippen LogP contribution < -0.4 is 0 Å². The number of hydrogen-bond donors (Lipinski definition) is 0. The number of rotatable bonds is 6. The van der Waals surface area contributed by atoms with E-state index in [2.05, 4.69) is 0 Å². The van der Waals surface area contributed by atoms with Crippen LogP contribution in [0.3, 0.4) is 0 Å². The molecule has 0 N–H and O–H groups in total. The number of thiocarbonyl (C=S) groups is 1. The summed E-state index contributed by atoms with van der Waals surface area (Å²) in [7, 11) is 0. The van der Waals surface area contributed by atoms with Gasteiger partial charge in [-0.1, -0.05) is 12.1 Å². The predicted octanol–water partition coefficient (Wildman–Crippen LogP) is 4.85. The molecule has 162 valence electrons. The van der Waals surface area contributed by atoms with E-state index >= 15 is 0 Å². The number of carbonyl (C=O) groups is 2. The molecule has 1 aliphatic heterocycles. The highest BCUT2D eigenvalue weighted by Crippen LogP contribution is 2.36. The van der Waals surface area contributed by atoms with Crippen LogP contribution >= 0.6 is 12.2 Å². The molecule has 1 amide bonds. The zero-order chi connectivity index (χ0) is 22.3. The number of hydrogen-bond acceptors (Lipinski definition) is 5. The molecule has 3 heterocycles. The Kier molecular flexibility index (Phi) is 5.34. The van der Waals surface area contributed by atoms with Crippen molar-refractivity contribution in [3.05, 3.63) is 47.7 Å². The molecule has 0 saturated heterocycles. The fourth-order valence-corrected chi connectivity index (χ4v) is 3.88. The summed E-state index contributed by atoms with van der Waals surface area (Å²) in [6.07, 6.45) is -3.92. The molecular weight excluding hydrogens is 433 g/mol. The van der Waals surface area contributed by atoms with Gasteiger partial charge in [0.1, 0.15) is 11.5 Å². The molecule has 4 rings (SSSR count). The summed E-state index contributed by atoms with van der Waals surface area (Å²) in [6, 6.07) is 7.90. The molecule has 31 heavy (non-hydrogen) atoms. The SMILES string of the molecule is CCOC(=O)CCCN1C(=O)c2cc3oc(-c4cccc(C(F)(F)F)c4)cc3n2C1=S. The normalized spacial score (nSPS) is 13.9. The average Bonchev–Trinajstić information content (AvgIpc) is 3.33. The van der Waals surface area contributed by atoms with Crippen molar-refractivity contribution in [2.75, 3.05) is 13.2 Å². The first-order chi connectivity index (χ1) is 14.7. The summed E-state index contributed by atoms with van der Waals surface area (Å²) in [5.74, 6) is -0.425. The lowest BCUT2D eigenvalue weighted by Gasteiger charge is -2.15. The minimum Gasteiger partial charge on any atom is -0.466 e. The Labute approximate surface area is 180 Å². The number of ether oxygens (including phenoxy) is 1. The third-order valence-corrected chi connectivity index (χ3v) is 5.32. The van der Waals surface area contributed by atoms with Crippen molar-refractivity contribution in [3.8, 4) is 11.3 Å². The molecule has 10 heteroatoms. The van der Waals surface area contributed by atoms with E-state index in [1.54, 1.807) is 13.0 Å². The Morgan fingerprint density at radius 3 is 2.71 bits per heavy atom. The van der Waals surface area contributed by atoms with Crippen molar-refractivity contribution in [2.45, 2.75) is 25.9 Å². The van der Waals surface area contributed by atoms with Gasteiger partial charge in [0.25, 0.3) is 5.91 Å². The molecule has 0 fully saturated rings. The second-order valence-electron chi connectivity index (χ2n) is 6.95. The zero-order valence-electron chi connectivity index (χ0n) is 16.4. The minimum atomic E-state index is -4.47. The van der Waals surface area contributed by atoms with Crippen molar-refractivity contribution in [3.63, 3.8) is 0 Å². The average molecular weight is 450 g/mol. The molecule has 0 atom stereocenters. The van der Waals surface area contributed by atoms with Gasteiger partial charge < -0.3 is 9.15 Å². The van der Waals surface area contributed by atoms with Gasteiger partial charge in [0.2, 0.25) is 0 Å². The second kappa shape index (κ2) is 7.84. The van der Waals surface area contributed by atoms with Gasteiger partial charge in [0, 0.05) is 30.7 Å². The third kappa shape index (κ3) is 3.83. The molecule has 1 aromatic carbocycles. The standard InChI is InChI=1S/C21H17F3N2O4S/c1-2-29-18(27)7-4-8-25-19(28)15-11-17-14(26(15)20(25)31)10-16(30-17)12-5-3-6-13(9-12)21(22,23)24/h3,5-6,9-11H,2,4,7-8H2,1H3. The van der Waals surface area contributed by atoms with Crippen LogP contribution in [0.5, 0.6) is 0 Å². The Bertz CT molecular complexity index is 1200. The number of benzene rings is 1. The van der Waals surface area contributed by atoms with Crippen LogP contribution in [0.2, 0.25) is 0 Å². The van der Waals surface area contributed by atoms with Crippen LogP contribution in [-0.4, -0.2) is 39.6 Å². The van der Waals surface area contributed by atoms with Crippen molar-refractivity contribution < 1.29 is 31.9 Å². The fraction of sp³-hybridized carbons (Fsp3) is 0.286. The number of fused-ring (bicyclic) bond motifs is 3. The van der Waals surface area contributed by atoms with Crippen LogP contribution in [-0.2, 0) is 15.7 Å². The van der Waals surface area contributed by atoms with Crippen molar-refractivity contribution in [1.82, 2.24) is 9.47 Å². The summed E-state index contributed by atoms with van der Waals surface area (Å²) in [5, 5.41) is 0.232. The lowest BCUT2D eigenvalue weighted by molar-refractivity contribution is -0.143. The Morgan fingerprint density at radius 2 is 2.00 bits per heavy atom. The van der Waals surface area contributed by atoms with Gasteiger partial charge in [-0.05, 0) is 37.7 Å². The van der Waals surface area contributed by atoms with Crippen LogP contribution in [0.25, 0.3) is 22.4 Å². The number of nitrogens with zero attached hydrogens (tertiary/aromatic N) is 2. The van der Waals surface area contributed by atoms with Gasteiger partial charge in [-0.25, -0.2) is 0 Å². The largest absolute Gasteiger partial charge is 0.466 e. The van der Waals surface area contributed by atoms with Crippen LogP contribution in [0, 0.1) is 0 Å². The van der Waals surface area contributed by atoms with Crippen LogP contribution in [0.1, 0.15) is 35.8 Å². The van der Waals surface area contributed by atoms with Crippen molar-refractivity contribution in [1.29, 1.82) is 0 Å². The Balaban J connectivity index is 1.59. The van der Waals surface area contributed by atoms with Crippen LogP contribution in [0.15, 0.2) is 40.8 Å². The maximum absolute atomic E-state index is 13.0. The lowest BCUT2D eigenvalue weighted by Crippen LogP contribution is -2.32. The Hall–Kier alpha value is -3.14. The first kappa shape index (κ1) is 21.1. The number of amides is 1. The summed E-state index contributed by atoms with van der Waals surface area (Å²) in [4.78, 5) is 25.6. The predicted molar refractivity (Wildman–Crippen MR) is 110 cm³/mol. The molecule has 0 radical (unpaired) electrons. The van der Waals surface area contributed by atoms with E-state index < -0.39 is 11.7 Å². The van der Waals surface area contributed by atoms with E-state index in [4.69, 9.17) is 21.4 Å². The molecule has 1 aliphatic rings. The lowest BCUT2D eigenvalue weighted by atomic mass is 10.1. The molecular formula is C21H17F3N2O4S. The number of aromatic nitrogens is 1. The highest BCUT2D eigenvalue weighted by Gasteiger charge is 2.35. The van der Waals surface area contributed by atoms with Crippen LogP contribution in [0.4, 0.5) is 13.2 Å². The van der Waals surface area contributed by atoms with E-state index in [1.165, 1.54) is 27.7 Å². The number of esters is 1. The highest BCUT2D eigenvalue weighted by molar-refractivity contribution is 7.80. The van der Waals surface area contributed by atoms with Gasteiger partial charge >= 0.3 is 12.1 Å². The summed E-state index contributed by atoms with van der Waals surface area (Å²) >= 11 is 5.44. The Morgan fingerprint density at radius 1 is 1.23 bits per heavy atom. The smallest absolute Gasteiger partial charge is 0.416 e. The number of alkyl halides is 3. The van der Waals surface area contributed by atoms with Crippen molar-refractivity contribution in [2.24, 2.45) is 0 Å². The van der Waals surface area contributed by atoms with Gasteiger partial charge in [-0.15, -0.1) is 0 Å². The maximum Gasteiger partial charge on any atom is 0.416 e. The molecule has 0 bridgehead atoms. The van der Waals surface area contributed by atoms with Gasteiger partial charge in [0.05, 0.1) is 17.7 Å². The first-order valence-electron chi connectivity index (χ1n) is 9.55. The van der Waals surface area contributed by atoms with E-state index in [0.29, 0.717) is 23.2 Å². The van der Waals surface area contributed by atoms with E-state index in [9.17, 15) is 22.8 Å². The molecule has 0 spiro atoms. The molecule has 0 aliphatic carbocycles. The number of halogens is 3. The van der Waals surface area contributed by atoms with E-state index in [0.717, 1.165) is 12.1 Å². The quantitative estimate of drug-likeness (QED) is 0.397. The monoisotopic (exact) mass is 450 g/mol. The number of carbonyl (C=O) groups excluding carboxylic acids is 2. The van der Waals surface area contributed by atoms with Crippen molar-refractivity contribution >= 4 is 40.3 Å². The van der Waals surface area contributed by atoms with Gasteiger partial charge in [0.15, 0.2) is 10.7 Å². The second-order valence-corrected chi connectivity index (χ2v) is 7.32. The maximum atomic E-state index is 13.0. The molecule has 0 unspecified atom stereocenters. The summed E-state index contributed by atoms with van der Waals surface area (Å²) in [6.45, 7) is 2.25. The van der Waals surface area contributed by atoms with E-state index in [1.807, 2.05) is 0 Å². The number of furan rings is 1. The topological polar surface area (TPSA) is 64.7 Å². The molecule has 6 nitrogen and oxygen atoms in total. The first-order valence-corrected chi connectivity index (χ1v) is 9.96. The summed E-state index contributed by atoms with van der Waals surface area (Å²) in [5.41, 5.74) is 0.641. The molecule has 3 aromatic rings. The van der Waals surface area contributed by atoms with Gasteiger partial charge in [-0.2, -0.15) is 13.2 Å².